The van der Waals surface area contributed by atoms with Gasteiger partial charge < -0.3 is 9.57 Å². The zero-order chi connectivity index (χ0) is 16.1. The van der Waals surface area contributed by atoms with Crippen LogP contribution in [-0.2, 0) is 33.5 Å². The lowest BCUT2D eigenvalue weighted by atomic mass is 10.4. The van der Waals surface area contributed by atoms with Gasteiger partial charge >= 0.3 is 5.97 Å². The minimum atomic E-state index is -0.765. The molecule has 0 N–H and O–H groups in total. The molecule has 118 valence electrons. The Hall–Kier alpha value is -2.55. The van der Waals surface area contributed by atoms with E-state index >= 15 is 0 Å². The van der Waals surface area contributed by atoms with Crippen molar-refractivity contribution in [3.8, 4) is 0 Å². The van der Waals surface area contributed by atoms with Crippen molar-refractivity contribution < 1.29 is 33.5 Å². The van der Waals surface area contributed by atoms with E-state index in [4.69, 9.17) is 4.74 Å². The topological polar surface area (TPSA) is 110 Å². The number of carbonyl (C=O) groups excluding carboxylic acids is 5. The van der Waals surface area contributed by atoms with Crippen molar-refractivity contribution in [1.29, 1.82) is 0 Å². The van der Waals surface area contributed by atoms with Crippen LogP contribution in [0.2, 0.25) is 0 Å². The molecule has 0 saturated carbocycles. The first-order valence-electron chi connectivity index (χ1n) is 6.67. The van der Waals surface area contributed by atoms with Crippen molar-refractivity contribution in [2.24, 2.45) is 0 Å². The lowest BCUT2D eigenvalue weighted by Crippen LogP contribution is -2.34. The summed E-state index contributed by atoms with van der Waals surface area (Å²) in [5, 5.41) is 0.468. The van der Waals surface area contributed by atoms with E-state index in [1.807, 2.05) is 0 Å². The summed E-state index contributed by atoms with van der Waals surface area (Å²) in [5.74, 6) is -2.66. The van der Waals surface area contributed by atoms with Crippen LogP contribution >= 0.6 is 0 Å². The van der Waals surface area contributed by atoms with Gasteiger partial charge in [-0.25, -0.2) is 4.79 Å². The van der Waals surface area contributed by atoms with E-state index in [2.05, 4.69) is 4.84 Å². The average molecular weight is 310 g/mol. The van der Waals surface area contributed by atoms with E-state index < -0.39 is 29.6 Å². The van der Waals surface area contributed by atoms with Crippen LogP contribution in [0, 0.1) is 0 Å². The number of hydrogen-bond acceptors (Lipinski definition) is 7. The van der Waals surface area contributed by atoms with Gasteiger partial charge in [-0.1, -0.05) is 0 Å². The van der Waals surface area contributed by atoms with Gasteiger partial charge in [0.15, 0.2) is 0 Å². The number of nitrogens with zero attached hydrogens (tertiary/aromatic N) is 2. The highest BCUT2D eigenvalue weighted by atomic mass is 16.7. The summed E-state index contributed by atoms with van der Waals surface area (Å²) >= 11 is 0. The van der Waals surface area contributed by atoms with Crippen LogP contribution in [-0.4, -0.2) is 59.3 Å². The van der Waals surface area contributed by atoms with Crippen molar-refractivity contribution in [3.05, 3.63) is 12.2 Å². The van der Waals surface area contributed by atoms with Gasteiger partial charge in [0.05, 0.1) is 26.2 Å². The van der Waals surface area contributed by atoms with Gasteiger partial charge in [0.25, 0.3) is 23.6 Å². The Morgan fingerprint density at radius 3 is 2.18 bits per heavy atom. The fourth-order valence-corrected chi connectivity index (χ4v) is 1.87. The highest BCUT2D eigenvalue weighted by molar-refractivity contribution is 6.12. The SMILES string of the molecule is O=C(CCOCCN1C(=O)C=CC1=O)ON1C(=O)CCC1=O. The Kier molecular flexibility index (Phi) is 4.99. The largest absolute Gasteiger partial charge is 0.379 e. The third kappa shape index (κ3) is 3.76. The van der Waals surface area contributed by atoms with Crippen LogP contribution in [0.3, 0.4) is 0 Å². The molecule has 2 rings (SSSR count). The fourth-order valence-electron chi connectivity index (χ4n) is 1.87. The Balaban J connectivity index is 1.60. The summed E-state index contributed by atoms with van der Waals surface area (Å²) in [7, 11) is 0. The minimum Gasteiger partial charge on any atom is -0.379 e. The third-order valence-electron chi connectivity index (χ3n) is 3.01. The number of ether oxygens (including phenoxy) is 1. The molecular formula is C13H14N2O7. The van der Waals surface area contributed by atoms with E-state index in [1.54, 1.807) is 0 Å². The molecule has 2 heterocycles. The molecule has 0 unspecified atom stereocenters. The highest BCUT2D eigenvalue weighted by Crippen LogP contribution is 2.12. The zero-order valence-corrected chi connectivity index (χ0v) is 11.6. The third-order valence-corrected chi connectivity index (χ3v) is 3.01. The molecule has 9 nitrogen and oxygen atoms in total. The normalized spacial score (nSPS) is 17.8. The van der Waals surface area contributed by atoms with Crippen molar-refractivity contribution >= 4 is 29.6 Å². The van der Waals surface area contributed by atoms with Crippen LogP contribution < -0.4 is 0 Å². The summed E-state index contributed by atoms with van der Waals surface area (Å²) in [6.07, 6.45) is 2.26. The Morgan fingerprint density at radius 2 is 1.59 bits per heavy atom. The van der Waals surface area contributed by atoms with Crippen molar-refractivity contribution in [2.45, 2.75) is 19.3 Å². The summed E-state index contributed by atoms with van der Waals surface area (Å²) < 4.78 is 5.12. The van der Waals surface area contributed by atoms with Gasteiger partial charge in [0.2, 0.25) is 0 Å². The molecule has 0 aromatic heterocycles. The Bertz CT molecular complexity index is 521. The standard InChI is InChI=1S/C13H14N2O7/c16-9-1-2-10(17)14(9)6-8-21-7-5-13(20)22-15-11(18)3-4-12(15)19/h1-2H,3-8H2. The first-order valence-corrected chi connectivity index (χ1v) is 6.67. The summed E-state index contributed by atoms with van der Waals surface area (Å²) in [6.45, 7) is 0.148. The monoisotopic (exact) mass is 310 g/mol. The molecule has 4 amide bonds. The molecule has 0 atom stereocenters. The average Bonchev–Trinajstić information content (AvgIpc) is 2.96. The van der Waals surface area contributed by atoms with Gasteiger partial charge in [0.1, 0.15) is 0 Å². The summed E-state index contributed by atoms with van der Waals surface area (Å²) in [4.78, 5) is 62.0. The summed E-state index contributed by atoms with van der Waals surface area (Å²) in [5.41, 5.74) is 0. The van der Waals surface area contributed by atoms with Gasteiger partial charge in [-0.05, 0) is 0 Å². The smallest absolute Gasteiger partial charge is 0.335 e. The minimum absolute atomic E-state index is 0.0152. The number of hydroxylamine groups is 2. The zero-order valence-electron chi connectivity index (χ0n) is 11.6. The number of hydrogen-bond donors (Lipinski definition) is 0. The molecule has 9 heteroatoms. The maximum Gasteiger partial charge on any atom is 0.335 e. The second-order valence-corrected chi connectivity index (χ2v) is 4.57. The molecule has 0 radical (unpaired) electrons. The molecule has 0 aromatic rings. The number of imide groups is 2. The Labute approximate surface area is 125 Å². The van der Waals surface area contributed by atoms with Gasteiger partial charge in [-0.15, -0.1) is 5.06 Å². The van der Waals surface area contributed by atoms with E-state index in [0.717, 1.165) is 4.90 Å². The number of rotatable bonds is 7. The van der Waals surface area contributed by atoms with E-state index in [0.29, 0.717) is 5.06 Å². The fraction of sp³-hybridized carbons (Fsp3) is 0.462. The summed E-state index contributed by atoms with van der Waals surface area (Å²) in [6, 6.07) is 0. The van der Waals surface area contributed by atoms with Gasteiger partial charge in [0, 0.05) is 25.0 Å². The van der Waals surface area contributed by atoms with E-state index in [1.165, 1.54) is 12.2 Å². The second kappa shape index (κ2) is 6.94. The molecule has 2 aliphatic heterocycles. The lowest BCUT2D eigenvalue weighted by Gasteiger charge is -2.14. The van der Waals surface area contributed by atoms with Crippen LogP contribution in [0.25, 0.3) is 0 Å². The van der Waals surface area contributed by atoms with E-state index in [9.17, 15) is 24.0 Å². The molecule has 0 bridgehead atoms. The molecular weight excluding hydrogens is 296 g/mol. The first-order chi connectivity index (χ1) is 10.5. The van der Waals surface area contributed by atoms with Gasteiger partial charge in [-0.3, -0.25) is 24.1 Å². The lowest BCUT2D eigenvalue weighted by molar-refractivity contribution is -0.198. The van der Waals surface area contributed by atoms with Crippen molar-refractivity contribution in [2.75, 3.05) is 19.8 Å². The molecule has 0 aliphatic carbocycles. The predicted molar refractivity (Wildman–Crippen MR) is 68.5 cm³/mol. The maximum atomic E-state index is 11.4. The van der Waals surface area contributed by atoms with Crippen LogP contribution in [0.5, 0.6) is 0 Å². The predicted octanol–water partition coefficient (Wildman–Crippen LogP) is -1.07. The molecule has 22 heavy (non-hydrogen) atoms. The van der Waals surface area contributed by atoms with Crippen molar-refractivity contribution in [1.82, 2.24) is 9.96 Å². The molecule has 0 aromatic carbocycles. The Morgan fingerprint density at radius 1 is 1.00 bits per heavy atom. The molecule has 0 spiro atoms. The van der Waals surface area contributed by atoms with Crippen LogP contribution in [0.15, 0.2) is 12.2 Å². The molecule has 1 saturated heterocycles. The number of amides is 4. The molecule has 1 fully saturated rings. The van der Waals surface area contributed by atoms with Crippen LogP contribution in [0.4, 0.5) is 0 Å². The quantitative estimate of drug-likeness (QED) is 0.434. The second-order valence-electron chi connectivity index (χ2n) is 4.57. The highest BCUT2D eigenvalue weighted by Gasteiger charge is 2.32. The first kappa shape index (κ1) is 15.8. The molecule has 2 aliphatic rings. The number of carbonyl (C=O) groups is 5. The van der Waals surface area contributed by atoms with Crippen molar-refractivity contribution in [3.63, 3.8) is 0 Å². The van der Waals surface area contributed by atoms with Crippen LogP contribution in [0.1, 0.15) is 19.3 Å². The maximum absolute atomic E-state index is 11.4. The van der Waals surface area contributed by atoms with E-state index in [-0.39, 0.29) is 39.0 Å². The van der Waals surface area contributed by atoms with Gasteiger partial charge in [-0.2, -0.15) is 0 Å².